The molecule has 0 fully saturated rings. The van der Waals surface area contributed by atoms with Crippen LogP contribution >= 0.6 is 11.8 Å². The molecule has 158 valence electrons. The number of amides is 1. The molecular weight excluding hydrogens is 426 g/mol. The number of hydrogen-bond acceptors (Lipinski definition) is 6. The molecule has 0 aliphatic heterocycles. The third kappa shape index (κ3) is 3.42. The van der Waals surface area contributed by atoms with Gasteiger partial charge in [0, 0.05) is 11.5 Å². The van der Waals surface area contributed by atoms with Crippen molar-refractivity contribution in [1.29, 1.82) is 0 Å². The van der Waals surface area contributed by atoms with Crippen molar-refractivity contribution < 1.29 is 9.72 Å². The molecule has 2 heterocycles. The van der Waals surface area contributed by atoms with Gasteiger partial charge in [0.15, 0.2) is 5.16 Å². The van der Waals surface area contributed by atoms with Crippen molar-refractivity contribution >= 4 is 56.6 Å². The quantitative estimate of drug-likeness (QED) is 0.178. The third-order valence-electron chi connectivity index (χ3n) is 5.16. The summed E-state index contributed by atoms with van der Waals surface area (Å²) in [6, 6.07) is 20.2. The molecule has 0 radical (unpaired) electrons. The number of rotatable bonds is 5. The minimum atomic E-state index is -0.498. The lowest BCUT2D eigenvalue weighted by Gasteiger charge is -2.10. The monoisotopic (exact) mass is 443 g/mol. The van der Waals surface area contributed by atoms with Gasteiger partial charge in [0.25, 0.3) is 5.69 Å². The van der Waals surface area contributed by atoms with Gasteiger partial charge < -0.3 is 5.32 Å². The van der Waals surface area contributed by atoms with Crippen molar-refractivity contribution in [1.82, 2.24) is 14.4 Å². The van der Waals surface area contributed by atoms with E-state index in [1.165, 1.54) is 17.8 Å². The lowest BCUT2D eigenvalue weighted by molar-refractivity contribution is -0.384. The average molecular weight is 443 g/mol. The molecule has 5 aromatic rings. The number of imidazole rings is 1. The summed E-state index contributed by atoms with van der Waals surface area (Å²) >= 11 is 1.26. The van der Waals surface area contributed by atoms with Gasteiger partial charge >= 0.3 is 0 Å². The van der Waals surface area contributed by atoms with Gasteiger partial charge in [0.05, 0.1) is 27.2 Å². The minimum Gasteiger partial charge on any atom is -0.319 e. The van der Waals surface area contributed by atoms with Gasteiger partial charge in [-0.3, -0.25) is 19.3 Å². The van der Waals surface area contributed by atoms with E-state index in [1.807, 2.05) is 52.9 Å². The predicted octanol–water partition coefficient (Wildman–Crippen LogP) is 4.98. The Bertz CT molecular complexity index is 1530. The maximum Gasteiger partial charge on any atom is 0.293 e. The highest BCUT2D eigenvalue weighted by molar-refractivity contribution is 7.99. The molecule has 0 saturated carbocycles. The normalized spacial score (nSPS) is 11.3. The fraction of sp³-hybridized carbons (Fsp3) is 0.0870. The number of anilines is 1. The van der Waals surface area contributed by atoms with Crippen LogP contribution in [0, 0.1) is 17.0 Å². The smallest absolute Gasteiger partial charge is 0.293 e. The summed E-state index contributed by atoms with van der Waals surface area (Å²) in [5.74, 6) is -0.307. The number of carbonyl (C=O) groups excluding carboxylic acids is 1. The minimum absolute atomic E-state index is 0.0401. The number of nitrogens with zero attached hydrogens (tertiary/aromatic N) is 4. The number of thioether (sulfide) groups is 1. The Labute approximate surface area is 186 Å². The highest BCUT2D eigenvalue weighted by Gasteiger charge is 2.19. The van der Waals surface area contributed by atoms with Crippen LogP contribution in [0.4, 0.5) is 11.4 Å². The molecule has 0 aliphatic rings. The number of nitro benzene ring substituents is 1. The first-order valence-electron chi connectivity index (χ1n) is 9.85. The molecule has 0 spiro atoms. The van der Waals surface area contributed by atoms with Gasteiger partial charge in [0.2, 0.25) is 5.91 Å². The first-order valence-corrected chi connectivity index (χ1v) is 10.8. The SMILES string of the molecule is Cc1cccc([N+](=O)[O-])c1NC(=O)CSc1nc2ccccc2c2nc3ccccc3n12. The van der Waals surface area contributed by atoms with E-state index in [1.54, 1.807) is 19.1 Å². The van der Waals surface area contributed by atoms with Crippen LogP contribution in [0.25, 0.3) is 27.6 Å². The molecule has 1 amide bonds. The second-order valence-electron chi connectivity index (χ2n) is 7.23. The summed E-state index contributed by atoms with van der Waals surface area (Å²) in [5, 5.41) is 15.6. The Hall–Kier alpha value is -3.98. The molecule has 2 aromatic heterocycles. The number of nitro groups is 1. The van der Waals surface area contributed by atoms with E-state index in [4.69, 9.17) is 9.97 Å². The summed E-state index contributed by atoms with van der Waals surface area (Å²) < 4.78 is 1.95. The number of aromatic nitrogens is 3. The molecule has 0 unspecified atom stereocenters. The summed E-state index contributed by atoms with van der Waals surface area (Å²) in [5.41, 5.74) is 4.01. The van der Waals surface area contributed by atoms with E-state index in [0.29, 0.717) is 10.7 Å². The van der Waals surface area contributed by atoms with Crippen LogP contribution in [0.15, 0.2) is 71.9 Å². The van der Waals surface area contributed by atoms with Crippen LogP contribution in [0.1, 0.15) is 5.56 Å². The molecule has 1 N–H and O–H groups in total. The van der Waals surface area contributed by atoms with E-state index >= 15 is 0 Å². The van der Waals surface area contributed by atoms with Gasteiger partial charge in [-0.15, -0.1) is 0 Å². The Morgan fingerprint density at radius 3 is 2.59 bits per heavy atom. The maximum absolute atomic E-state index is 12.7. The van der Waals surface area contributed by atoms with Crippen molar-refractivity contribution in [3.05, 3.63) is 82.4 Å². The van der Waals surface area contributed by atoms with Crippen LogP contribution in [-0.4, -0.2) is 31.0 Å². The van der Waals surface area contributed by atoms with Crippen molar-refractivity contribution in [2.75, 3.05) is 11.1 Å². The van der Waals surface area contributed by atoms with Crippen LogP contribution in [0.2, 0.25) is 0 Å². The summed E-state index contributed by atoms with van der Waals surface area (Å²) in [6.45, 7) is 1.72. The summed E-state index contributed by atoms with van der Waals surface area (Å²) in [7, 11) is 0. The zero-order chi connectivity index (χ0) is 22.2. The number of aryl methyl sites for hydroxylation is 1. The first kappa shape index (κ1) is 20.0. The Morgan fingerprint density at radius 2 is 1.78 bits per heavy atom. The largest absolute Gasteiger partial charge is 0.319 e. The molecule has 0 bridgehead atoms. The van der Waals surface area contributed by atoms with E-state index in [9.17, 15) is 14.9 Å². The van der Waals surface area contributed by atoms with E-state index in [-0.39, 0.29) is 23.0 Å². The van der Waals surface area contributed by atoms with Gasteiger partial charge in [-0.05, 0) is 36.8 Å². The molecule has 3 aromatic carbocycles. The number of carbonyl (C=O) groups is 1. The van der Waals surface area contributed by atoms with Crippen LogP contribution < -0.4 is 5.32 Å². The third-order valence-corrected chi connectivity index (χ3v) is 6.10. The van der Waals surface area contributed by atoms with Gasteiger partial charge in [-0.1, -0.05) is 48.2 Å². The van der Waals surface area contributed by atoms with E-state index < -0.39 is 4.92 Å². The van der Waals surface area contributed by atoms with Gasteiger partial charge in [-0.2, -0.15) is 0 Å². The van der Waals surface area contributed by atoms with E-state index in [2.05, 4.69) is 5.32 Å². The molecular formula is C23H17N5O3S. The zero-order valence-electron chi connectivity index (χ0n) is 17.0. The standard InChI is InChI=1S/C23H17N5O3S/c1-14-7-6-12-19(28(30)31)21(14)26-20(29)13-32-23-25-16-9-3-2-8-15(16)22-24-17-10-4-5-11-18(17)27(22)23/h2-12H,13H2,1H3,(H,26,29). The molecule has 0 atom stereocenters. The van der Waals surface area contributed by atoms with Crippen molar-refractivity contribution in [3.63, 3.8) is 0 Å². The number of nitrogens with one attached hydrogen (secondary N) is 1. The number of benzene rings is 3. The second-order valence-corrected chi connectivity index (χ2v) is 8.18. The fourth-order valence-corrected chi connectivity index (χ4v) is 4.49. The van der Waals surface area contributed by atoms with Gasteiger partial charge in [0.1, 0.15) is 11.3 Å². The molecule has 9 heteroatoms. The zero-order valence-corrected chi connectivity index (χ0v) is 17.8. The topological polar surface area (TPSA) is 102 Å². The highest BCUT2D eigenvalue weighted by Crippen LogP contribution is 2.30. The highest BCUT2D eigenvalue weighted by atomic mass is 32.2. The first-order chi connectivity index (χ1) is 15.5. The van der Waals surface area contributed by atoms with Crippen LogP contribution in [-0.2, 0) is 4.79 Å². The maximum atomic E-state index is 12.7. The molecule has 8 nitrogen and oxygen atoms in total. The number of hydrogen-bond donors (Lipinski definition) is 1. The number of para-hydroxylation sites is 4. The van der Waals surface area contributed by atoms with Crippen LogP contribution in [0.5, 0.6) is 0 Å². The molecule has 0 aliphatic carbocycles. The molecule has 0 saturated heterocycles. The second kappa shape index (κ2) is 7.93. The Morgan fingerprint density at radius 1 is 1.03 bits per heavy atom. The Kier molecular flexibility index (Phi) is 4.95. The molecule has 32 heavy (non-hydrogen) atoms. The fourth-order valence-electron chi connectivity index (χ4n) is 3.68. The lowest BCUT2D eigenvalue weighted by atomic mass is 10.1. The predicted molar refractivity (Wildman–Crippen MR) is 125 cm³/mol. The lowest BCUT2D eigenvalue weighted by Crippen LogP contribution is -2.16. The summed E-state index contributed by atoms with van der Waals surface area (Å²) in [4.78, 5) is 33.1. The average Bonchev–Trinajstić information content (AvgIpc) is 3.19. The summed E-state index contributed by atoms with van der Waals surface area (Å²) in [6.07, 6.45) is 0. The van der Waals surface area contributed by atoms with Crippen molar-refractivity contribution in [2.45, 2.75) is 12.1 Å². The Balaban J connectivity index is 1.51. The van der Waals surface area contributed by atoms with Crippen molar-refractivity contribution in [3.8, 4) is 0 Å². The van der Waals surface area contributed by atoms with Gasteiger partial charge in [-0.25, -0.2) is 9.97 Å². The van der Waals surface area contributed by atoms with Crippen molar-refractivity contribution in [2.24, 2.45) is 0 Å². The van der Waals surface area contributed by atoms with E-state index in [0.717, 1.165) is 27.6 Å². The molecule has 5 rings (SSSR count). The van der Waals surface area contributed by atoms with Crippen LogP contribution in [0.3, 0.4) is 0 Å². The number of fused-ring (bicyclic) bond motifs is 5.